The third-order valence-corrected chi connectivity index (χ3v) is 2.72. The van der Waals surface area contributed by atoms with Crippen molar-refractivity contribution in [2.45, 2.75) is 26.0 Å². The summed E-state index contributed by atoms with van der Waals surface area (Å²) in [6, 6.07) is 7.00. The molecule has 6 nitrogen and oxygen atoms in total. The number of rotatable bonds is 9. The van der Waals surface area contributed by atoms with Crippen LogP contribution in [-0.4, -0.2) is 43.0 Å². The normalized spacial score (nSPS) is 11.8. The molecule has 0 aromatic heterocycles. The number of carbonyl (C=O) groups excluding carboxylic acids is 1. The third-order valence-electron chi connectivity index (χ3n) is 2.72. The van der Waals surface area contributed by atoms with Crippen LogP contribution in [0, 0.1) is 0 Å². The van der Waals surface area contributed by atoms with Crippen molar-refractivity contribution in [3.63, 3.8) is 0 Å². The SMILES string of the molecule is C=CCNC(=O)Nc1ccc(OC[C@@H](O)CNC(C)C)cc1. The van der Waals surface area contributed by atoms with Crippen LogP contribution >= 0.6 is 0 Å². The summed E-state index contributed by atoms with van der Waals surface area (Å²) >= 11 is 0. The number of anilines is 1. The van der Waals surface area contributed by atoms with E-state index in [4.69, 9.17) is 4.74 Å². The van der Waals surface area contributed by atoms with Gasteiger partial charge in [0, 0.05) is 24.8 Å². The molecule has 0 heterocycles. The number of nitrogens with one attached hydrogen (secondary N) is 3. The minimum absolute atomic E-state index is 0.215. The molecule has 0 fully saturated rings. The number of amides is 2. The van der Waals surface area contributed by atoms with E-state index in [1.54, 1.807) is 30.3 Å². The Morgan fingerprint density at radius 2 is 2.05 bits per heavy atom. The van der Waals surface area contributed by atoms with E-state index in [-0.39, 0.29) is 12.6 Å². The number of hydrogen-bond donors (Lipinski definition) is 4. The molecule has 2 amide bonds. The lowest BCUT2D eigenvalue weighted by molar-refractivity contribution is 0.104. The van der Waals surface area contributed by atoms with Gasteiger partial charge in [0.2, 0.25) is 0 Å². The number of carbonyl (C=O) groups is 1. The van der Waals surface area contributed by atoms with E-state index in [9.17, 15) is 9.90 Å². The van der Waals surface area contributed by atoms with Crippen LogP contribution in [0.25, 0.3) is 0 Å². The van der Waals surface area contributed by atoms with Crippen molar-refractivity contribution in [3.8, 4) is 5.75 Å². The van der Waals surface area contributed by atoms with Crippen LogP contribution in [0.5, 0.6) is 5.75 Å². The molecule has 0 saturated carbocycles. The number of aliphatic hydroxyl groups is 1. The van der Waals surface area contributed by atoms with Gasteiger partial charge in [0.05, 0.1) is 0 Å². The molecule has 0 aliphatic rings. The summed E-state index contributed by atoms with van der Waals surface area (Å²) in [5.41, 5.74) is 0.663. The molecule has 1 aromatic rings. The first kappa shape index (κ1) is 18.0. The summed E-state index contributed by atoms with van der Waals surface area (Å²) < 4.78 is 5.49. The summed E-state index contributed by atoms with van der Waals surface area (Å²) in [7, 11) is 0. The van der Waals surface area contributed by atoms with Crippen molar-refractivity contribution in [1.29, 1.82) is 0 Å². The number of hydrogen-bond acceptors (Lipinski definition) is 4. The maximum Gasteiger partial charge on any atom is 0.319 e. The molecule has 0 spiro atoms. The molecule has 0 radical (unpaired) electrons. The zero-order chi connectivity index (χ0) is 16.4. The number of urea groups is 1. The maximum atomic E-state index is 11.5. The van der Waals surface area contributed by atoms with Gasteiger partial charge in [-0.25, -0.2) is 4.79 Å². The fraction of sp³-hybridized carbons (Fsp3) is 0.438. The van der Waals surface area contributed by atoms with E-state index in [0.717, 1.165) is 0 Å². The zero-order valence-corrected chi connectivity index (χ0v) is 13.1. The first-order chi connectivity index (χ1) is 10.5. The molecule has 4 N–H and O–H groups in total. The first-order valence-corrected chi connectivity index (χ1v) is 7.31. The van der Waals surface area contributed by atoms with Gasteiger partial charge in [0.15, 0.2) is 0 Å². The Bertz CT molecular complexity index is 460. The molecular weight excluding hydrogens is 282 g/mol. The molecule has 1 rings (SSSR count). The fourth-order valence-electron chi connectivity index (χ4n) is 1.60. The molecule has 0 aliphatic heterocycles. The summed E-state index contributed by atoms with van der Waals surface area (Å²) in [5.74, 6) is 0.639. The maximum absolute atomic E-state index is 11.5. The summed E-state index contributed by atoms with van der Waals surface area (Å²) in [5, 5.41) is 18.2. The molecule has 122 valence electrons. The van der Waals surface area contributed by atoms with Gasteiger partial charge in [0.1, 0.15) is 18.5 Å². The second-order valence-electron chi connectivity index (χ2n) is 5.18. The van der Waals surface area contributed by atoms with Gasteiger partial charge < -0.3 is 25.8 Å². The quantitative estimate of drug-likeness (QED) is 0.524. The number of ether oxygens (including phenoxy) is 1. The topological polar surface area (TPSA) is 82.6 Å². The van der Waals surface area contributed by atoms with Gasteiger partial charge in [-0.05, 0) is 24.3 Å². The first-order valence-electron chi connectivity index (χ1n) is 7.31. The monoisotopic (exact) mass is 307 g/mol. The van der Waals surface area contributed by atoms with Crippen LogP contribution in [0.3, 0.4) is 0 Å². The molecule has 0 unspecified atom stereocenters. The minimum Gasteiger partial charge on any atom is -0.491 e. The van der Waals surface area contributed by atoms with Crippen LogP contribution < -0.4 is 20.7 Å². The van der Waals surface area contributed by atoms with Gasteiger partial charge in [-0.15, -0.1) is 6.58 Å². The van der Waals surface area contributed by atoms with Crippen molar-refractivity contribution in [1.82, 2.24) is 10.6 Å². The van der Waals surface area contributed by atoms with Gasteiger partial charge in [-0.2, -0.15) is 0 Å². The lowest BCUT2D eigenvalue weighted by atomic mass is 10.3. The fourth-order valence-corrected chi connectivity index (χ4v) is 1.60. The van der Waals surface area contributed by atoms with Crippen molar-refractivity contribution < 1.29 is 14.6 Å². The Morgan fingerprint density at radius 3 is 2.64 bits per heavy atom. The Balaban J connectivity index is 2.35. The lowest BCUT2D eigenvalue weighted by Gasteiger charge is -2.15. The highest BCUT2D eigenvalue weighted by atomic mass is 16.5. The zero-order valence-electron chi connectivity index (χ0n) is 13.1. The van der Waals surface area contributed by atoms with E-state index in [0.29, 0.717) is 30.6 Å². The average molecular weight is 307 g/mol. The number of aliphatic hydroxyl groups excluding tert-OH is 1. The van der Waals surface area contributed by atoms with E-state index >= 15 is 0 Å². The summed E-state index contributed by atoms with van der Waals surface area (Å²) in [6.07, 6.45) is 1.04. The van der Waals surface area contributed by atoms with Crippen LogP contribution in [0.4, 0.5) is 10.5 Å². The van der Waals surface area contributed by atoms with Crippen LogP contribution in [0.15, 0.2) is 36.9 Å². The molecule has 1 atom stereocenters. The van der Waals surface area contributed by atoms with Gasteiger partial charge in [-0.3, -0.25) is 0 Å². The van der Waals surface area contributed by atoms with Crippen LogP contribution in [0.1, 0.15) is 13.8 Å². The molecule has 22 heavy (non-hydrogen) atoms. The molecule has 0 saturated heterocycles. The second kappa shape index (κ2) is 9.81. The van der Waals surface area contributed by atoms with Crippen molar-refractivity contribution in [3.05, 3.63) is 36.9 Å². The van der Waals surface area contributed by atoms with Crippen molar-refractivity contribution in [2.75, 3.05) is 25.0 Å². The van der Waals surface area contributed by atoms with Gasteiger partial charge in [0.25, 0.3) is 0 Å². The summed E-state index contributed by atoms with van der Waals surface area (Å²) in [6.45, 7) is 8.67. The minimum atomic E-state index is -0.565. The molecule has 6 heteroatoms. The Labute approximate surface area is 131 Å². The highest BCUT2D eigenvalue weighted by Gasteiger charge is 2.06. The van der Waals surface area contributed by atoms with Crippen molar-refractivity contribution >= 4 is 11.7 Å². The molecule has 0 bridgehead atoms. The van der Waals surface area contributed by atoms with Gasteiger partial charge >= 0.3 is 6.03 Å². The van der Waals surface area contributed by atoms with E-state index in [1.165, 1.54) is 0 Å². The Morgan fingerprint density at radius 1 is 1.36 bits per heavy atom. The molecular formula is C16H25N3O3. The van der Waals surface area contributed by atoms with E-state index in [1.807, 2.05) is 13.8 Å². The van der Waals surface area contributed by atoms with Crippen LogP contribution in [-0.2, 0) is 0 Å². The van der Waals surface area contributed by atoms with E-state index in [2.05, 4.69) is 22.5 Å². The predicted octanol–water partition coefficient (Wildman–Crippen LogP) is 1.73. The Hall–Kier alpha value is -2.05. The van der Waals surface area contributed by atoms with Gasteiger partial charge in [-0.1, -0.05) is 19.9 Å². The average Bonchev–Trinajstić information content (AvgIpc) is 2.50. The Kier molecular flexibility index (Phi) is 8.03. The predicted molar refractivity (Wildman–Crippen MR) is 88.3 cm³/mol. The molecule has 0 aliphatic carbocycles. The third kappa shape index (κ3) is 7.66. The second-order valence-corrected chi connectivity index (χ2v) is 5.18. The summed E-state index contributed by atoms with van der Waals surface area (Å²) in [4.78, 5) is 11.5. The highest BCUT2D eigenvalue weighted by Crippen LogP contribution is 2.15. The largest absolute Gasteiger partial charge is 0.491 e. The number of benzene rings is 1. The van der Waals surface area contributed by atoms with Crippen molar-refractivity contribution in [2.24, 2.45) is 0 Å². The van der Waals surface area contributed by atoms with E-state index < -0.39 is 6.10 Å². The van der Waals surface area contributed by atoms with Crippen LogP contribution in [0.2, 0.25) is 0 Å². The molecule has 1 aromatic carbocycles. The smallest absolute Gasteiger partial charge is 0.319 e. The lowest BCUT2D eigenvalue weighted by Crippen LogP contribution is -2.35. The standard InChI is InChI=1S/C16H25N3O3/c1-4-9-17-16(21)19-13-5-7-15(8-6-13)22-11-14(20)10-18-12(2)3/h4-8,12,14,18,20H,1,9-11H2,2-3H3,(H2,17,19,21)/t14-/m0/s1. The highest BCUT2D eigenvalue weighted by molar-refractivity contribution is 5.89.